The van der Waals surface area contributed by atoms with Crippen molar-refractivity contribution in [2.45, 2.75) is 70.7 Å². The monoisotopic (exact) mass is 588 g/mol. The third kappa shape index (κ3) is 8.50. The number of halogens is 1. The molecule has 0 radical (unpaired) electrons. The molecule has 0 aliphatic carbocycles. The third-order valence-corrected chi connectivity index (χ3v) is 7.90. The van der Waals surface area contributed by atoms with Crippen molar-refractivity contribution in [2.24, 2.45) is 0 Å². The van der Waals surface area contributed by atoms with Crippen molar-refractivity contribution >= 4 is 17.8 Å². The molecule has 2 aliphatic rings. The van der Waals surface area contributed by atoms with Gasteiger partial charge in [0.05, 0.1) is 0 Å². The van der Waals surface area contributed by atoms with Crippen LogP contribution in [0.25, 0.3) is 11.1 Å². The topological polar surface area (TPSA) is 99.7 Å². The Labute approximate surface area is 252 Å². The van der Waals surface area contributed by atoms with Gasteiger partial charge in [-0.15, -0.1) is 0 Å². The lowest BCUT2D eigenvalue weighted by atomic mass is 10.0. The van der Waals surface area contributed by atoms with Gasteiger partial charge in [0.15, 0.2) is 0 Å². The maximum atomic E-state index is 14.4. The number of ether oxygens (including phenoxy) is 1. The van der Waals surface area contributed by atoms with Gasteiger partial charge in [0.1, 0.15) is 17.2 Å². The van der Waals surface area contributed by atoms with E-state index in [1.165, 1.54) is 12.1 Å². The number of aromatic nitrogens is 2. The lowest BCUT2D eigenvalue weighted by Gasteiger charge is -2.34. The molecule has 2 saturated heterocycles. The van der Waals surface area contributed by atoms with Gasteiger partial charge in [-0.05, 0) is 94.0 Å². The Morgan fingerprint density at radius 1 is 0.930 bits per heavy atom. The zero-order valence-corrected chi connectivity index (χ0v) is 25.2. The van der Waals surface area contributed by atoms with Gasteiger partial charge in [-0.25, -0.2) is 14.2 Å². The summed E-state index contributed by atoms with van der Waals surface area (Å²) in [6, 6.07) is 12.3. The largest absolute Gasteiger partial charge is 0.444 e. The van der Waals surface area contributed by atoms with Gasteiger partial charge in [0.25, 0.3) is 5.91 Å². The van der Waals surface area contributed by atoms with Crippen LogP contribution in [0.4, 0.5) is 15.0 Å². The number of piperidine rings is 2. The van der Waals surface area contributed by atoms with Gasteiger partial charge in [0.2, 0.25) is 0 Å². The van der Waals surface area contributed by atoms with Crippen molar-refractivity contribution in [3.05, 3.63) is 78.0 Å². The minimum atomic E-state index is -0.500. The molecule has 2 aromatic heterocycles. The van der Waals surface area contributed by atoms with E-state index >= 15 is 0 Å². The van der Waals surface area contributed by atoms with Crippen LogP contribution in [0.1, 0.15) is 62.4 Å². The number of hydrogen-bond donors (Lipinski definition) is 2. The minimum absolute atomic E-state index is 0.0754. The van der Waals surface area contributed by atoms with Crippen LogP contribution in [-0.2, 0) is 11.3 Å². The van der Waals surface area contributed by atoms with Crippen molar-refractivity contribution < 1.29 is 18.7 Å². The summed E-state index contributed by atoms with van der Waals surface area (Å²) in [5, 5.41) is 6.12. The van der Waals surface area contributed by atoms with E-state index in [9.17, 15) is 14.0 Å². The fraction of sp³-hybridized carbons (Fsp3) is 0.455. The highest BCUT2D eigenvalue weighted by molar-refractivity contribution is 5.95. The molecule has 0 unspecified atom stereocenters. The summed E-state index contributed by atoms with van der Waals surface area (Å²) in [6.45, 7) is 9.80. The smallest absolute Gasteiger partial charge is 0.407 e. The fourth-order valence-corrected chi connectivity index (χ4v) is 5.61. The second kappa shape index (κ2) is 13.5. The number of hydrogen-bond acceptors (Lipinski definition) is 7. The Morgan fingerprint density at radius 2 is 1.60 bits per heavy atom. The Hall–Kier alpha value is -4.05. The minimum Gasteiger partial charge on any atom is -0.444 e. The van der Waals surface area contributed by atoms with Crippen molar-refractivity contribution in [3.8, 4) is 11.1 Å². The summed E-state index contributed by atoms with van der Waals surface area (Å²) in [5.74, 6) is 0.405. The molecular formula is C33H41FN6O3. The molecule has 10 heteroatoms. The third-order valence-electron chi connectivity index (χ3n) is 7.90. The molecule has 43 heavy (non-hydrogen) atoms. The highest BCUT2D eigenvalue weighted by atomic mass is 19.1. The van der Waals surface area contributed by atoms with Crippen molar-refractivity contribution in [1.82, 2.24) is 25.5 Å². The van der Waals surface area contributed by atoms with Crippen LogP contribution in [0.3, 0.4) is 0 Å². The molecule has 0 saturated carbocycles. The van der Waals surface area contributed by atoms with E-state index in [-0.39, 0.29) is 29.9 Å². The number of carbonyl (C=O) groups is 2. The van der Waals surface area contributed by atoms with Crippen LogP contribution in [0.2, 0.25) is 0 Å². The van der Waals surface area contributed by atoms with Gasteiger partial charge in [-0.3, -0.25) is 14.7 Å². The molecular weight excluding hydrogens is 547 g/mol. The van der Waals surface area contributed by atoms with Gasteiger partial charge < -0.3 is 20.3 Å². The maximum absolute atomic E-state index is 14.4. The number of likely N-dealkylation sites (tertiary alicyclic amines) is 1. The quantitative estimate of drug-likeness (QED) is 0.393. The average molecular weight is 589 g/mol. The lowest BCUT2D eigenvalue weighted by molar-refractivity contribution is 0.0497. The molecule has 0 bridgehead atoms. The first-order chi connectivity index (χ1) is 20.6. The fourth-order valence-electron chi connectivity index (χ4n) is 5.61. The van der Waals surface area contributed by atoms with Gasteiger partial charge in [0, 0.05) is 74.5 Å². The normalized spacial score (nSPS) is 17.0. The molecule has 3 aromatic rings. The molecule has 2 N–H and O–H groups in total. The number of amides is 2. The zero-order valence-electron chi connectivity index (χ0n) is 25.2. The first kappa shape index (κ1) is 30.4. The van der Waals surface area contributed by atoms with Crippen LogP contribution >= 0.6 is 0 Å². The van der Waals surface area contributed by atoms with E-state index in [1.54, 1.807) is 30.6 Å². The van der Waals surface area contributed by atoms with Crippen LogP contribution in [-0.4, -0.2) is 70.7 Å². The highest BCUT2D eigenvalue weighted by Gasteiger charge is 2.25. The SMILES string of the molecule is CC(C)(C)OC(=O)NC1CCN(c2ccc(CN3CCC(NC(=O)c4ccc(F)c(-c5ccncc5)c4)CC3)cn2)CC1. The second-order valence-electron chi connectivity index (χ2n) is 12.4. The number of alkyl carbamates (subject to hydrolysis) is 1. The summed E-state index contributed by atoms with van der Waals surface area (Å²) in [7, 11) is 0. The number of rotatable bonds is 7. The van der Waals surface area contributed by atoms with Crippen molar-refractivity contribution in [3.63, 3.8) is 0 Å². The molecule has 0 spiro atoms. The van der Waals surface area contributed by atoms with Gasteiger partial charge in [-0.2, -0.15) is 0 Å². The Bertz CT molecular complexity index is 1380. The first-order valence-corrected chi connectivity index (χ1v) is 15.1. The highest BCUT2D eigenvalue weighted by Crippen LogP contribution is 2.24. The van der Waals surface area contributed by atoms with E-state index < -0.39 is 5.60 Å². The number of benzene rings is 1. The zero-order chi connectivity index (χ0) is 30.4. The van der Waals surface area contributed by atoms with Crippen molar-refractivity contribution in [2.75, 3.05) is 31.1 Å². The average Bonchev–Trinajstić information content (AvgIpc) is 2.99. The molecule has 2 aliphatic heterocycles. The van der Waals surface area contributed by atoms with Crippen LogP contribution < -0.4 is 15.5 Å². The van der Waals surface area contributed by atoms with Crippen molar-refractivity contribution in [1.29, 1.82) is 0 Å². The van der Waals surface area contributed by atoms with E-state index in [2.05, 4.69) is 37.6 Å². The standard InChI is InChI=1S/C33H41FN6O3/c1-33(2,3)43-32(42)38-27-12-18-40(19-13-27)30-7-4-23(21-36-30)22-39-16-10-26(11-17-39)37-31(41)25-5-6-29(34)28(20-25)24-8-14-35-15-9-24/h4-9,14-15,20-21,26-27H,10-13,16-19,22H2,1-3H3,(H,37,41)(H,38,42). The second-order valence-corrected chi connectivity index (χ2v) is 12.4. The first-order valence-electron chi connectivity index (χ1n) is 15.1. The number of carbonyl (C=O) groups excluding carboxylic acids is 2. The molecule has 4 heterocycles. The summed E-state index contributed by atoms with van der Waals surface area (Å²) in [4.78, 5) is 38.4. The Kier molecular flexibility index (Phi) is 9.55. The summed E-state index contributed by atoms with van der Waals surface area (Å²) >= 11 is 0. The van der Waals surface area contributed by atoms with E-state index in [0.717, 1.165) is 69.8 Å². The molecule has 0 atom stereocenters. The molecule has 9 nitrogen and oxygen atoms in total. The summed E-state index contributed by atoms with van der Waals surface area (Å²) in [5.41, 5.74) is 2.19. The van der Waals surface area contributed by atoms with Crippen LogP contribution in [0.15, 0.2) is 61.1 Å². The molecule has 2 amide bonds. The lowest BCUT2D eigenvalue weighted by Crippen LogP contribution is -2.46. The Balaban J connectivity index is 1.05. The van der Waals surface area contributed by atoms with E-state index in [4.69, 9.17) is 9.72 Å². The number of pyridine rings is 2. The Morgan fingerprint density at radius 3 is 2.26 bits per heavy atom. The summed E-state index contributed by atoms with van der Waals surface area (Å²) < 4.78 is 19.8. The summed E-state index contributed by atoms with van der Waals surface area (Å²) in [6.07, 6.45) is 8.20. The van der Waals surface area contributed by atoms with E-state index in [0.29, 0.717) is 16.7 Å². The molecule has 5 rings (SSSR count). The molecule has 228 valence electrons. The van der Waals surface area contributed by atoms with Crippen LogP contribution in [0.5, 0.6) is 0 Å². The predicted molar refractivity (Wildman–Crippen MR) is 164 cm³/mol. The number of nitrogens with zero attached hydrogens (tertiary/aromatic N) is 4. The van der Waals surface area contributed by atoms with Crippen LogP contribution in [0, 0.1) is 5.82 Å². The number of nitrogens with one attached hydrogen (secondary N) is 2. The molecule has 2 fully saturated rings. The molecule has 1 aromatic carbocycles. The van der Waals surface area contributed by atoms with Gasteiger partial charge in [-0.1, -0.05) is 6.07 Å². The van der Waals surface area contributed by atoms with Gasteiger partial charge >= 0.3 is 6.09 Å². The number of anilines is 1. The predicted octanol–water partition coefficient (Wildman–Crippen LogP) is 5.17. The van der Waals surface area contributed by atoms with E-state index in [1.807, 2.05) is 27.0 Å². The maximum Gasteiger partial charge on any atom is 0.407 e.